The average molecular weight is 305 g/mol. The monoisotopic (exact) mass is 305 g/mol. The third kappa shape index (κ3) is 3.30. The van der Waals surface area contributed by atoms with E-state index < -0.39 is 15.8 Å². The Morgan fingerprint density at radius 3 is 2.57 bits per heavy atom. The minimum absolute atomic E-state index is 0.0225. The smallest absolute Gasteiger partial charge is 0.262 e. The molecule has 108 valence electrons. The number of nitrogens with two attached hydrogens (primary N) is 1. The SMILES string of the molecule is Cc1ccc(C#N)cc1S(=O)(=O)Nc1cc(N)cc(F)c1. The lowest BCUT2D eigenvalue weighted by atomic mass is 10.2. The van der Waals surface area contributed by atoms with Crippen LogP contribution in [-0.4, -0.2) is 8.42 Å². The summed E-state index contributed by atoms with van der Waals surface area (Å²) in [6.07, 6.45) is 0. The van der Waals surface area contributed by atoms with Crippen LogP contribution < -0.4 is 10.5 Å². The molecule has 0 saturated heterocycles. The largest absolute Gasteiger partial charge is 0.399 e. The molecule has 0 heterocycles. The molecule has 0 unspecified atom stereocenters. The fourth-order valence-corrected chi connectivity index (χ4v) is 3.15. The molecular formula is C14H12FN3O2S. The zero-order valence-electron chi connectivity index (χ0n) is 11.1. The number of nitrogens with zero attached hydrogens (tertiary/aromatic N) is 1. The van der Waals surface area contributed by atoms with Crippen LogP contribution in [0.25, 0.3) is 0 Å². The van der Waals surface area contributed by atoms with Crippen LogP contribution in [0.4, 0.5) is 15.8 Å². The summed E-state index contributed by atoms with van der Waals surface area (Å²) in [5, 5.41) is 8.85. The zero-order chi connectivity index (χ0) is 15.6. The predicted octanol–water partition coefficient (Wildman–Crippen LogP) is 2.39. The normalized spacial score (nSPS) is 10.9. The van der Waals surface area contributed by atoms with E-state index in [1.54, 1.807) is 6.92 Å². The average Bonchev–Trinajstić information content (AvgIpc) is 2.37. The van der Waals surface area contributed by atoms with E-state index in [0.717, 1.165) is 12.1 Å². The van der Waals surface area contributed by atoms with Gasteiger partial charge < -0.3 is 5.73 Å². The molecule has 0 aliphatic heterocycles. The molecule has 0 aromatic heterocycles. The summed E-state index contributed by atoms with van der Waals surface area (Å²) in [4.78, 5) is -0.0376. The van der Waals surface area contributed by atoms with Crippen molar-refractivity contribution in [1.82, 2.24) is 0 Å². The zero-order valence-corrected chi connectivity index (χ0v) is 11.9. The van der Waals surface area contributed by atoms with Crippen molar-refractivity contribution in [1.29, 1.82) is 5.26 Å². The minimum Gasteiger partial charge on any atom is -0.399 e. The fraction of sp³-hybridized carbons (Fsp3) is 0.0714. The standard InChI is InChI=1S/C14H12FN3O2S/c1-9-2-3-10(8-16)4-14(9)21(19,20)18-13-6-11(15)5-12(17)7-13/h2-7,18H,17H2,1H3. The molecule has 0 spiro atoms. The second kappa shape index (κ2) is 5.42. The van der Waals surface area contributed by atoms with Gasteiger partial charge in [-0.1, -0.05) is 6.07 Å². The fourth-order valence-electron chi connectivity index (χ4n) is 1.84. The highest BCUT2D eigenvalue weighted by Crippen LogP contribution is 2.22. The van der Waals surface area contributed by atoms with Gasteiger partial charge in [0.25, 0.3) is 10.0 Å². The molecule has 0 radical (unpaired) electrons. The summed E-state index contributed by atoms with van der Waals surface area (Å²) >= 11 is 0. The lowest BCUT2D eigenvalue weighted by Crippen LogP contribution is -2.14. The second-order valence-corrected chi connectivity index (χ2v) is 6.12. The van der Waals surface area contributed by atoms with E-state index in [9.17, 15) is 12.8 Å². The molecule has 0 atom stereocenters. The summed E-state index contributed by atoms with van der Waals surface area (Å²) < 4.78 is 40.2. The number of nitrogen functional groups attached to an aromatic ring is 1. The van der Waals surface area contributed by atoms with Crippen molar-refractivity contribution in [3.8, 4) is 6.07 Å². The molecule has 21 heavy (non-hydrogen) atoms. The van der Waals surface area contributed by atoms with Crippen LogP contribution in [0.3, 0.4) is 0 Å². The number of rotatable bonds is 3. The van der Waals surface area contributed by atoms with Gasteiger partial charge in [0.15, 0.2) is 0 Å². The number of nitrogens with one attached hydrogen (secondary N) is 1. The lowest BCUT2D eigenvalue weighted by molar-refractivity contribution is 0.600. The Hall–Kier alpha value is -2.59. The highest BCUT2D eigenvalue weighted by molar-refractivity contribution is 7.92. The van der Waals surface area contributed by atoms with Crippen LogP contribution in [0.5, 0.6) is 0 Å². The number of hydrogen-bond donors (Lipinski definition) is 2. The van der Waals surface area contributed by atoms with Gasteiger partial charge in [-0.3, -0.25) is 4.72 Å². The van der Waals surface area contributed by atoms with Crippen molar-refractivity contribution >= 4 is 21.4 Å². The van der Waals surface area contributed by atoms with Gasteiger partial charge in [0.2, 0.25) is 0 Å². The van der Waals surface area contributed by atoms with Crippen LogP contribution in [-0.2, 0) is 10.0 Å². The van der Waals surface area contributed by atoms with Crippen LogP contribution in [0.1, 0.15) is 11.1 Å². The molecule has 0 bridgehead atoms. The number of benzene rings is 2. The summed E-state index contributed by atoms with van der Waals surface area (Å²) in [5.74, 6) is -0.643. The first-order valence-corrected chi connectivity index (χ1v) is 7.40. The number of anilines is 2. The Morgan fingerprint density at radius 2 is 1.95 bits per heavy atom. The number of aryl methyl sites for hydroxylation is 1. The van der Waals surface area contributed by atoms with E-state index in [4.69, 9.17) is 11.0 Å². The quantitative estimate of drug-likeness (QED) is 0.851. The number of sulfonamides is 1. The first kappa shape index (κ1) is 14.8. The Morgan fingerprint density at radius 1 is 1.24 bits per heavy atom. The van der Waals surface area contributed by atoms with E-state index in [0.29, 0.717) is 5.56 Å². The van der Waals surface area contributed by atoms with Gasteiger partial charge in [-0.25, -0.2) is 12.8 Å². The third-order valence-electron chi connectivity index (χ3n) is 2.78. The Bertz CT molecular complexity index is 822. The van der Waals surface area contributed by atoms with Gasteiger partial charge in [-0.2, -0.15) is 5.26 Å². The van der Waals surface area contributed by atoms with Crippen molar-refractivity contribution < 1.29 is 12.8 Å². The molecule has 0 aliphatic carbocycles. The Kier molecular flexibility index (Phi) is 3.82. The first-order chi connectivity index (χ1) is 9.81. The topological polar surface area (TPSA) is 96.0 Å². The van der Waals surface area contributed by atoms with E-state index in [1.807, 2.05) is 6.07 Å². The van der Waals surface area contributed by atoms with Crippen molar-refractivity contribution in [2.45, 2.75) is 11.8 Å². The molecule has 0 fully saturated rings. The summed E-state index contributed by atoms with van der Waals surface area (Å²) in [6.45, 7) is 1.61. The molecule has 5 nitrogen and oxygen atoms in total. The molecule has 0 amide bonds. The highest BCUT2D eigenvalue weighted by Gasteiger charge is 2.18. The summed E-state index contributed by atoms with van der Waals surface area (Å²) in [7, 11) is -3.93. The molecule has 2 aromatic carbocycles. The molecule has 0 saturated carbocycles. The minimum atomic E-state index is -3.93. The molecule has 2 aromatic rings. The Labute approximate surface area is 121 Å². The maximum absolute atomic E-state index is 13.2. The number of nitriles is 1. The third-order valence-corrected chi connectivity index (χ3v) is 4.30. The van der Waals surface area contributed by atoms with Gasteiger partial charge in [0, 0.05) is 5.69 Å². The van der Waals surface area contributed by atoms with E-state index >= 15 is 0 Å². The van der Waals surface area contributed by atoms with Crippen molar-refractivity contribution in [2.75, 3.05) is 10.5 Å². The Balaban J connectivity index is 2.45. The van der Waals surface area contributed by atoms with E-state index in [-0.39, 0.29) is 21.8 Å². The molecule has 2 rings (SSSR count). The van der Waals surface area contributed by atoms with Gasteiger partial charge in [0.05, 0.1) is 22.2 Å². The molecule has 0 aliphatic rings. The number of halogens is 1. The van der Waals surface area contributed by atoms with Crippen LogP contribution in [0.15, 0.2) is 41.3 Å². The van der Waals surface area contributed by atoms with Crippen LogP contribution in [0, 0.1) is 24.1 Å². The molecule has 3 N–H and O–H groups in total. The maximum Gasteiger partial charge on any atom is 0.262 e. The maximum atomic E-state index is 13.2. The molecular weight excluding hydrogens is 293 g/mol. The van der Waals surface area contributed by atoms with Gasteiger partial charge in [-0.15, -0.1) is 0 Å². The van der Waals surface area contributed by atoms with Gasteiger partial charge in [0.1, 0.15) is 5.82 Å². The molecule has 7 heteroatoms. The first-order valence-electron chi connectivity index (χ1n) is 5.91. The second-order valence-electron chi connectivity index (χ2n) is 4.47. The van der Waals surface area contributed by atoms with Crippen molar-refractivity contribution in [3.05, 3.63) is 53.3 Å². The van der Waals surface area contributed by atoms with Crippen LogP contribution >= 0.6 is 0 Å². The van der Waals surface area contributed by atoms with Crippen LogP contribution in [0.2, 0.25) is 0 Å². The van der Waals surface area contributed by atoms with Gasteiger partial charge >= 0.3 is 0 Å². The van der Waals surface area contributed by atoms with E-state index in [1.165, 1.54) is 24.3 Å². The van der Waals surface area contributed by atoms with Crippen molar-refractivity contribution in [3.63, 3.8) is 0 Å². The predicted molar refractivity (Wildman–Crippen MR) is 77.5 cm³/mol. The van der Waals surface area contributed by atoms with E-state index in [2.05, 4.69) is 4.72 Å². The van der Waals surface area contributed by atoms with Crippen molar-refractivity contribution in [2.24, 2.45) is 0 Å². The number of hydrogen-bond acceptors (Lipinski definition) is 4. The van der Waals surface area contributed by atoms with Gasteiger partial charge in [-0.05, 0) is 42.8 Å². The summed E-state index contributed by atoms with van der Waals surface area (Å²) in [6, 6.07) is 9.62. The highest BCUT2D eigenvalue weighted by atomic mass is 32.2. The lowest BCUT2D eigenvalue weighted by Gasteiger charge is -2.11. The summed E-state index contributed by atoms with van der Waals surface area (Å²) in [5.41, 5.74) is 6.30.